The Morgan fingerprint density at radius 2 is 1.74 bits per heavy atom. The first-order valence-electron chi connectivity index (χ1n) is 11.1. The van der Waals surface area contributed by atoms with Crippen LogP contribution in [0.3, 0.4) is 0 Å². The molecule has 31 heavy (non-hydrogen) atoms. The van der Waals surface area contributed by atoms with Crippen molar-refractivity contribution in [1.29, 1.82) is 0 Å². The van der Waals surface area contributed by atoms with Crippen molar-refractivity contribution in [2.45, 2.75) is 50.7 Å². The minimum Gasteiger partial charge on any atom is -0.347 e. The molecular formula is C25H27N3O3. The van der Waals surface area contributed by atoms with Crippen LogP contribution in [0.25, 0.3) is 0 Å². The van der Waals surface area contributed by atoms with Gasteiger partial charge in [-0.3, -0.25) is 14.4 Å². The van der Waals surface area contributed by atoms with E-state index in [9.17, 15) is 14.4 Å². The molecule has 6 nitrogen and oxygen atoms in total. The standard InChI is InChI=1S/C25H27N3O3/c1-15-6-8-16(9-7-15)22(17-10-11-17)27-21(29)14-26-24(30)23-19-4-2-3-5-20(19)25(31)28(23)18-12-13-18/h2-9,17-18,22-23H,10-14H2,1H3,(H,26,30)(H,27,29). The Morgan fingerprint density at radius 3 is 2.42 bits per heavy atom. The molecule has 2 unspecified atom stereocenters. The summed E-state index contributed by atoms with van der Waals surface area (Å²) in [6.45, 7) is 1.94. The van der Waals surface area contributed by atoms with Gasteiger partial charge >= 0.3 is 0 Å². The van der Waals surface area contributed by atoms with Gasteiger partial charge in [-0.15, -0.1) is 0 Å². The normalized spacial score (nSPS) is 20.9. The molecule has 2 aliphatic carbocycles. The molecule has 2 N–H and O–H groups in total. The van der Waals surface area contributed by atoms with Gasteiger partial charge in [0.25, 0.3) is 5.91 Å². The highest BCUT2D eigenvalue weighted by atomic mass is 16.2. The molecule has 0 aromatic heterocycles. The number of hydrogen-bond acceptors (Lipinski definition) is 3. The highest BCUT2D eigenvalue weighted by Gasteiger charge is 2.47. The Morgan fingerprint density at radius 1 is 1.03 bits per heavy atom. The van der Waals surface area contributed by atoms with Crippen molar-refractivity contribution >= 4 is 17.7 Å². The minimum absolute atomic E-state index is 0.0262. The molecule has 5 rings (SSSR count). The molecule has 3 aliphatic rings. The molecule has 0 saturated heterocycles. The van der Waals surface area contributed by atoms with E-state index in [1.165, 1.54) is 5.56 Å². The molecule has 2 saturated carbocycles. The fraction of sp³-hybridized carbons (Fsp3) is 0.400. The van der Waals surface area contributed by atoms with Crippen LogP contribution in [0.1, 0.15) is 64.8 Å². The first-order chi connectivity index (χ1) is 15.0. The summed E-state index contributed by atoms with van der Waals surface area (Å²) in [6.07, 6.45) is 4.04. The average molecular weight is 418 g/mol. The lowest BCUT2D eigenvalue weighted by atomic mass is 10.0. The van der Waals surface area contributed by atoms with E-state index in [0.29, 0.717) is 11.5 Å². The van der Waals surface area contributed by atoms with E-state index in [4.69, 9.17) is 0 Å². The average Bonchev–Trinajstić information content (AvgIpc) is 3.69. The van der Waals surface area contributed by atoms with Gasteiger partial charge < -0.3 is 15.5 Å². The Bertz CT molecular complexity index is 1020. The van der Waals surface area contributed by atoms with E-state index < -0.39 is 6.04 Å². The zero-order valence-electron chi connectivity index (χ0n) is 17.6. The lowest BCUT2D eigenvalue weighted by Gasteiger charge is -2.24. The molecule has 2 aromatic rings. The number of fused-ring (bicyclic) bond motifs is 1. The number of carbonyl (C=O) groups excluding carboxylic acids is 3. The van der Waals surface area contributed by atoms with E-state index in [2.05, 4.69) is 34.9 Å². The van der Waals surface area contributed by atoms with E-state index in [0.717, 1.165) is 36.8 Å². The number of hydrogen-bond donors (Lipinski definition) is 2. The van der Waals surface area contributed by atoms with Crippen LogP contribution in [0.4, 0.5) is 0 Å². The minimum atomic E-state index is -0.652. The van der Waals surface area contributed by atoms with E-state index in [-0.39, 0.29) is 36.3 Å². The van der Waals surface area contributed by atoms with Crippen LogP contribution < -0.4 is 10.6 Å². The van der Waals surface area contributed by atoms with E-state index in [1.807, 2.05) is 25.1 Å². The molecule has 1 aliphatic heterocycles. The SMILES string of the molecule is Cc1ccc(C(NC(=O)CNC(=O)C2c3ccccc3C(=O)N2C2CC2)C2CC2)cc1. The van der Waals surface area contributed by atoms with Crippen LogP contribution in [0, 0.1) is 12.8 Å². The van der Waals surface area contributed by atoms with Gasteiger partial charge in [-0.05, 0) is 55.7 Å². The number of nitrogens with zero attached hydrogens (tertiary/aromatic N) is 1. The zero-order chi connectivity index (χ0) is 21.5. The van der Waals surface area contributed by atoms with Crippen molar-refractivity contribution in [1.82, 2.24) is 15.5 Å². The summed E-state index contributed by atoms with van der Waals surface area (Å²) < 4.78 is 0. The molecular weight excluding hydrogens is 390 g/mol. The Hall–Kier alpha value is -3.15. The van der Waals surface area contributed by atoms with Crippen LogP contribution in [0.15, 0.2) is 48.5 Å². The van der Waals surface area contributed by atoms with Crippen molar-refractivity contribution in [3.8, 4) is 0 Å². The van der Waals surface area contributed by atoms with Crippen LogP contribution in [-0.4, -0.2) is 35.2 Å². The molecule has 1 heterocycles. The van der Waals surface area contributed by atoms with Crippen LogP contribution in [0.2, 0.25) is 0 Å². The third kappa shape index (κ3) is 3.94. The van der Waals surface area contributed by atoms with E-state index in [1.54, 1.807) is 11.0 Å². The van der Waals surface area contributed by atoms with Crippen molar-refractivity contribution in [3.05, 3.63) is 70.8 Å². The smallest absolute Gasteiger partial charge is 0.255 e. The number of nitrogens with one attached hydrogen (secondary N) is 2. The molecule has 2 fully saturated rings. The second-order valence-electron chi connectivity index (χ2n) is 8.94. The maximum absolute atomic E-state index is 13.1. The zero-order valence-corrected chi connectivity index (χ0v) is 17.6. The Kier molecular flexibility index (Phi) is 5.00. The molecule has 0 radical (unpaired) electrons. The van der Waals surface area contributed by atoms with Crippen LogP contribution in [-0.2, 0) is 9.59 Å². The van der Waals surface area contributed by atoms with Crippen molar-refractivity contribution in [3.63, 3.8) is 0 Å². The number of aryl methyl sites for hydroxylation is 1. The summed E-state index contributed by atoms with van der Waals surface area (Å²) in [6, 6.07) is 14.9. The number of benzene rings is 2. The summed E-state index contributed by atoms with van der Waals surface area (Å²) in [5.74, 6) is -0.136. The summed E-state index contributed by atoms with van der Waals surface area (Å²) >= 11 is 0. The molecule has 3 amide bonds. The van der Waals surface area contributed by atoms with Crippen molar-refractivity contribution < 1.29 is 14.4 Å². The van der Waals surface area contributed by atoms with Crippen LogP contribution >= 0.6 is 0 Å². The Balaban J connectivity index is 1.25. The lowest BCUT2D eigenvalue weighted by Crippen LogP contribution is -2.44. The summed E-state index contributed by atoms with van der Waals surface area (Å²) in [7, 11) is 0. The summed E-state index contributed by atoms with van der Waals surface area (Å²) in [5, 5.41) is 5.88. The second-order valence-corrected chi connectivity index (χ2v) is 8.94. The van der Waals surface area contributed by atoms with Crippen molar-refractivity contribution in [2.75, 3.05) is 6.54 Å². The number of amides is 3. The summed E-state index contributed by atoms with van der Waals surface area (Å²) in [5.41, 5.74) is 3.60. The third-order valence-electron chi connectivity index (χ3n) is 6.46. The monoisotopic (exact) mass is 417 g/mol. The fourth-order valence-corrected chi connectivity index (χ4v) is 4.50. The predicted molar refractivity (Wildman–Crippen MR) is 116 cm³/mol. The molecule has 0 spiro atoms. The number of rotatable bonds is 7. The van der Waals surface area contributed by atoms with Gasteiger partial charge in [-0.2, -0.15) is 0 Å². The van der Waals surface area contributed by atoms with Gasteiger partial charge in [0, 0.05) is 11.6 Å². The quantitative estimate of drug-likeness (QED) is 0.727. The summed E-state index contributed by atoms with van der Waals surface area (Å²) in [4.78, 5) is 40.2. The molecule has 2 aromatic carbocycles. The lowest BCUT2D eigenvalue weighted by molar-refractivity contribution is -0.129. The van der Waals surface area contributed by atoms with Crippen molar-refractivity contribution in [2.24, 2.45) is 5.92 Å². The number of carbonyl (C=O) groups is 3. The third-order valence-corrected chi connectivity index (χ3v) is 6.46. The maximum atomic E-state index is 13.1. The topological polar surface area (TPSA) is 78.5 Å². The van der Waals surface area contributed by atoms with Gasteiger partial charge in [0.2, 0.25) is 11.8 Å². The molecule has 6 heteroatoms. The van der Waals surface area contributed by atoms with Gasteiger partial charge in [-0.1, -0.05) is 48.0 Å². The van der Waals surface area contributed by atoms with Gasteiger partial charge in [0.05, 0.1) is 12.6 Å². The predicted octanol–water partition coefficient (Wildman–Crippen LogP) is 3.04. The van der Waals surface area contributed by atoms with Gasteiger partial charge in [0.15, 0.2) is 0 Å². The molecule has 160 valence electrons. The first kappa shape index (κ1) is 19.8. The second kappa shape index (κ2) is 7.84. The van der Waals surface area contributed by atoms with Gasteiger partial charge in [0.1, 0.15) is 6.04 Å². The largest absolute Gasteiger partial charge is 0.347 e. The molecule has 2 atom stereocenters. The van der Waals surface area contributed by atoms with E-state index >= 15 is 0 Å². The van der Waals surface area contributed by atoms with Gasteiger partial charge in [-0.25, -0.2) is 0 Å². The maximum Gasteiger partial charge on any atom is 0.255 e. The highest BCUT2D eigenvalue weighted by Crippen LogP contribution is 2.42. The molecule has 0 bridgehead atoms. The Labute approximate surface area is 182 Å². The highest BCUT2D eigenvalue weighted by molar-refractivity contribution is 6.05. The first-order valence-corrected chi connectivity index (χ1v) is 11.1. The van der Waals surface area contributed by atoms with Crippen LogP contribution in [0.5, 0.6) is 0 Å². The fourth-order valence-electron chi connectivity index (χ4n) is 4.50.